The number of phenols is 1. The van der Waals surface area contributed by atoms with E-state index in [2.05, 4.69) is 31.4 Å². The molecular formula is C19H18BrN3O3S2. The Labute approximate surface area is 179 Å². The molecule has 1 atom stereocenters. The topological polar surface area (TPSA) is 83.8 Å². The third kappa shape index (κ3) is 5.03. The third-order valence-corrected chi connectivity index (χ3v) is 6.49. The number of nitrogens with zero attached hydrogens (tertiary/aromatic N) is 2. The van der Waals surface area contributed by atoms with Crippen LogP contribution in [-0.4, -0.2) is 34.1 Å². The number of benzene rings is 2. The fourth-order valence-electron chi connectivity index (χ4n) is 2.30. The highest BCUT2D eigenvalue weighted by Gasteiger charge is 2.16. The summed E-state index contributed by atoms with van der Waals surface area (Å²) in [6.07, 6.45) is 1.50. The van der Waals surface area contributed by atoms with Gasteiger partial charge in [0.15, 0.2) is 15.8 Å². The molecule has 146 valence electrons. The smallest absolute Gasteiger partial charge is 0.253 e. The lowest BCUT2D eigenvalue weighted by Crippen LogP contribution is -2.26. The van der Waals surface area contributed by atoms with Gasteiger partial charge in [-0.2, -0.15) is 5.10 Å². The SMILES string of the molecule is CCOc1cc(/C=N/NC(=O)C(C)Sc2nc3ccccc3s2)cc(Br)c1O. The summed E-state index contributed by atoms with van der Waals surface area (Å²) in [4.78, 5) is 16.8. The Kier molecular flexibility index (Phi) is 6.93. The number of thiazole rings is 1. The number of carbonyl (C=O) groups is 1. The molecule has 0 bridgehead atoms. The summed E-state index contributed by atoms with van der Waals surface area (Å²) in [7, 11) is 0. The number of para-hydroxylation sites is 1. The second kappa shape index (κ2) is 9.40. The van der Waals surface area contributed by atoms with Crippen LogP contribution in [0.15, 0.2) is 50.3 Å². The fourth-order valence-corrected chi connectivity index (χ4v) is 4.97. The van der Waals surface area contributed by atoms with Crippen molar-refractivity contribution in [3.63, 3.8) is 0 Å². The Morgan fingerprint density at radius 3 is 3.00 bits per heavy atom. The van der Waals surface area contributed by atoms with Crippen molar-refractivity contribution in [2.75, 3.05) is 6.61 Å². The van der Waals surface area contributed by atoms with Crippen molar-refractivity contribution in [3.8, 4) is 11.5 Å². The number of phenolic OH excluding ortho intramolecular Hbond substituents is 1. The van der Waals surface area contributed by atoms with Crippen LogP contribution in [0.25, 0.3) is 10.2 Å². The van der Waals surface area contributed by atoms with Crippen LogP contribution in [0.3, 0.4) is 0 Å². The second-order valence-corrected chi connectivity index (χ2v) is 9.20. The van der Waals surface area contributed by atoms with Crippen molar-refractivity contribution >= 4 is 61.4 Å². The van der Waals surface area contributed by atoms with Crippen LogP contribution in [-0.2, 0) is 4.79 Å². The number of ether oxygens (including phenoxy) is 1. The average molecular weight is 480 g/mol. The van der Waals surface area contributed by atoms with E-state index in [4.69, 9.17) is 4.74 Å². The monoisotopic (exact) mass is 479 g/mol. The predicted octanol–water partition coefficient (Wildman–Crippen LogP) is 4.79. The molecule has 0 fully saturated rings. The van der Waals surface area contributed by atoms with Crippen LogP contribution in [0.2, 0.25) is 0 Å². The molecule has 1 heterocycles. The number of aromatic hydroxyl groups is 1. The molecule has 0 saturated carbocycles. The van der Waals surface area contributed by atoms with Crippen molar-refractivity contribution in [2.24, 2.45) is 5.10 Å². The Bertz CT molecular complexity index is 990. The average Bonchev–Trinajstić information content (AvgIpc) is 3.08. The molecule has 0 saturated heterocycles. The van der Waals surface area contributed by atoms with E-state index in [-0.39, 0.29) is 16.9 Å². The first-order valence-electron chi connectivity index (χ1n) is 8.48. The first-order chi connectivity index (χ1) is 13.5. The Balaban J connectivity index is 1.61. The molecule has 0 spiro atoms. The van der Waals surface area contributed by atoms with Crippen molar-refractivity contribution in [2.45, 2.75) is 23.4 Å². The van der Waals surface area contributed by atoms with Gasteiger partial charge in [0.2, 0.25) is 0 Å². The first kappa shape index (κ1) is 20.6. The molecule has 2 N–H and O–H groups in total. The Morgan fingerprint density at radius 2 is 2.25 bits per heavy atom. The summed E-state index contributed by atoms with van der Waals surface area (Å²) >= 11 is 6.24. The molecule has 0 aliphatic rings. The van der Waals surface area contributed by atoms with Gasteiger partial charge in [0.05, 0.1) is 32.8 Å². The molecule has 3 aromatic rings. The molecule has 2 aromatic carbocycles. The number of hydrogen-bond acceptors (Lipinski definition) is 7. The summed E-state index contributed by atoms with van der Waals surface area (Å²) < 4.78 is 7.81. The number of thioether (sulfide) groups is 1. The highest BCUT2D eigenvalue weighted by Crippen LogP contribution is 2.35. The number of aromatic nitrogens is 1. The van der Waals surface area contributed by atoms with Gasteiger partial charge in [0.25, 0.3) is 5.91 Å². The number of fused-ring (bicyclic) bond motifs is 1. The van der Waals surface area contributed by atoms with E-state index in [1.165, 1.54) is 18.0 Å². The van der Waals surface area contributed by atoms with Gasteiger partial charge in [-0.3, -0.25) is 4.79 Å². The molecular weight excluding hydrogens is 462 g/mol. The molecule has 0 aliphatic carbocycles. The number of rotatable bonds is 7. The highest BCUT2D eigenvalue weighted by atomic mass is 79.9. The highest BCUT2D eigenvalue weighted by molar-refractivity contribution is 9.10. The first-order valence-corrected chi connectivity index (χ1v) is 11.0. The molecule has 0 aliphatic heterocycles. The number of halogens is 1. The standard InChI is InChI=1S/C19H18BrN3O3S2/c1-3-26-15-9-12(8-13(20)17(15)24)10-21-23-18(25)11(2)27-19-22-14-6-4-5-7-16(14)28-19/h4-11,24H,3H2,1-2H3,(H,23,25)/b21-10+. The van der Waals surface area contributed by atoms with Crippen LogP contribution in [0.1, 0.15) is 19.4 Å². The number of amides is 1. The van der Waals surface area contributed by atoms with Gasteiger partial charge in [0, 0.05) is 0 Å². The number of nitrogens with one attached hydrogen (secondary N) is 1. The quantitative estimate of drug-likeness (QED) is 0.289. The lowest BCUT2D eigenvalue weighted by Gasteiger charge is -2.09. The van der Waals surface area contributed by atoms with Gasteiger partial charge in [0.1, 0.15) is 0 Å². The van der Waals surface area contributed by atoms with Crippen LogP contribution < -0.4 is 10.2 Å². The summed E-state index contributed by atoms with van der Waals surface area (Å²) in [6.45, 7) is 4.07. The van der Waals surface area contributed by atoms with Crippen LogP contribution in [0.5, 0.6) is 11.5 Å². The van der Waals surface area contributed by atoms with Gasteiger partial charge >= 0.3 is 0 Å². The van der Waals surface area contributed by atoms with Crippen molar-refractivity contribution in [3.05, 3.63) is 46.4 Å². The number of hydrazone groups is 1. The molecule has 6 nitrogen and oxygen atoms in total. The summed E-state index contributed by atoms with van der Waals surface area (Å²) in [5.41, 5.74) is 4.15. The van der Waals surface area contributed by atoms with Gasteiger partial charge in [-0.1, -0.05) is 23.9 Å². The summed E-state index contributed by atoms with van der Waals surface area (Å²) in [5, 5.41) is 13.6. The summed E-state index contributed by atoms with van der Waals surface area (Å²) in [6, 6.07) is 11.2. The maximum absolute atomic E-state index is 12.3. The largest absolute Gasteiger partial charge is 0.503 e. The van der Waals surface area contributed by atoms with Crippen molar-refractivity contribution < 1.29 is 14.6 Å². The lowest BCUT2D eigenvalue weighted by molar-refractivity contribution is -0.120. The van der Waals surface area contributed by atoms with Crippen molar-refractivity contribution in [1.82, 2.24) is 10.4 Å². The van der Waals surface area contributed by atoms with Crippen LogP contribution in [0.4, 0.5) is 0 Å². The van der Waals surface area contributed by atoms with E-state index in [0.717, 1.165) is 14.6 Å². The number of hydrogen-bond donors (Lipinski definition) is 2. The minimum Gasteiger partial charge on any atom is -0.503 e. The van der Waals surface area contributed by atoms with E-state index in [1.54, 1.807) is 23.5 Å². The molecule has 1 aromatic heterocycles. The maximum atomic E-state index is 12.3. The molecule has 28 heavy (non-hydrogen) atoms. The van der Waals surface area contributed by atoms with Gasteiger partial charge < -0.3 is 9.84 Å². The van der Waals surface area contributed by atoms with Gasteiger partial charge in [-0.05, 0) is 59.6 Å². The zero-order valence-corrected chi connectivity index (χ0v) is 18.4. The van der Waals surface area contributed by atoms with Crippen LogP contribution >= 0.6 is 39.0 Å². The molecule has 1 unspecified atom stereocenters. The van der Waals surface area contributed by atoms with E-state index in [1.807, 2.05) is 38.1 Å². The zero-order chi connectivity index (χ0) is 20.1. The molecule has 3 rings (SSSR count). The minimum absolute atomic E-state index is 0.0314. The Morgan fingerprint density at radius 1 is 1.46 bits per heavy atom. The predicted molar refractivity (Wildman–Crippen MR) is 118 cm³/mol. The number of carbonyl (C=O) groups excluding carboxylic acids is 1. The Hall–Kier alpha value is -2.10. The molecule has 0 radical (unpaired) electrons. The van der Waals surface area contributed by atoms with E-state index >= 15 is 0 Å². The lowest BCUT2D eigenvalue weighted by atomic mass is 10.2. The van der Waals surface area contributed by atoms with Gasteiger partial charge in [-0.25, -0.2) is 10.4 Å². The normalized spacial score (nSPS) is 12.4. The van der Waals surface area contributed by atoms with E-state index in [0.29, 0.717) is 22.4 Å². The van der Waals surface area contributed by atoms with Crippen molar-refractivity contribution in [1.29, 1.82) is 0 Å². The van der Waals surface area contributed by atoms with Gasteiger partial charge in [-0.15, -0.1) is 11.3 Å². The fraction of sp³-hybridized carbons (Fsp3) is 0.211. The minimum atomic E-state index is -0.344. The summed E-state index contributed by atoms with van der Waals surface area (Å²) in [5.74, 6) is 0.164. The zero-order valence-electron chi connectivity index (χ0n) is 15.2. The van der Waals surface area contributed by atoms with Crippen LogP contribution in [0, 0.1) is 0 Å². The molecule has 9 heteroatoms. The van der Waals surface area contributed by atoms with E-state index in [9.17, 15) is 9.90 Å². The maximum Gasteiger partial charge on any atom is 0.253 e. The molecule has 1 amide bonds. The second-order valence-electron chi connectivity index (χ2n) is 5.72. The third-order valence-electron chi connectivity index (χ3n) is 3.66. The van der Waals surface area contributed by atoms with E-state index < -0.39 is 0 Å².